The molecular formula is C19H26ClN3O4. The van der Waals surface area contributed by atoms with Gasteiger partial charge in [0.05, 0.1) is 10.6 Å². The van der Waals surface area contributed by atoms with E-state index in [9.17, 15) is 14.4 Å². The molecule has 1 fully saturated rings. The maximum atomic E-state index is 12.7. The average Bonchev–Trinajstić information content (AvgIpc) is 3.02. The van der Waals surface area contributed by atoms with E-state index in [0.29, 0.717) is 24.2 Å². The molecule has 1 aliphatic heterocycles. The molecule has 3 amide bonds. The Morgan fingerprint density at radius 1 is 1.26 bits per heavy atom. The van der Waals surface area contributed by atoms with E-state index in [4.69, 9.17) is 16.3 Å². The van der Waals surface area contributed by atoms with Gasteiger partial charge in [0.25, 0.3) is 5.91 Å². The van der Waals surface area contributed by atoms with Crippen molar-refractivity contribution in [2.75, 3.05) is 26.0 Å². The van der Waals surface area contributed by atoms with Crippen molar-refractivity contribution < 1.29 is 19.1 Å². The highest BCUT2D eigenvalue weighted by atomic mass is 35.5. The molecule has 8 heteroatoms. The third-order valence-electron chi connectivity index (χ3n) is 4.06. The molecule has 0 radical (unpaired) electrons. The number of nitrogens with one attached hydrogen (secondary N) is 1. The number of anilines is 1. The molecule has 1 unspecified atom stereocenters. The van der Waals surface area contributed by atoms with Gasteiger partial charge in [0.15, 0.2) is 0 Å². The fourth-order valence-corrected chi connectivity index (χ4v) is 3.07. The smallest absolute Gasteiger partial charge is 0.410 e. The Balaban J connectivity index is 2.09. The highest BCUT2D eigenvalue weighted by Gasteiger charge is 2.36. The third-order valence-corrected chi connectivity index (χ3v) is 4.37. The number of carbonyl (C=O) groups excluding carboxylic acids is 3. The number of likely N-dealkylation sites (tertiary alicyclic amines) is 1. The van der Waals surface area contributed by atoms with E-state index in [0.717, 1.165) is 6.42 Å². The minimum absolute atomic E-state index is 0.218. The molecule has 27 heavy (non-hydrogen) atoms. The highest BCUT2D eigenvalue weighted by molar-refractivity contribution is 6.34. The van der Waals surface area contributed by atoms with Crippen molar-refractivity contribution in [3.8, 4) is 0 Å². The van der Waals surface area contributed by atoms with Crippen LogP contribution in [0.25, 0.3) is 0 Å². The number of amides is 3. The number of hydrogen-bond acceptors (Lipinski definition) is 4. The van der Waals surface area contributed by atoms with Gasteiger partial charge in [0, 0.05) is 26.3 Å². The monoisotopic (exact) mass is 395 g/mol. The fourth-order valence-electron chi connectivity index (χ4n) is 2.81. The van der Waals surface area contributed by atoms with Crippen molar-refractivity contribution in [3.63, 3.8) is 0 Å². The maximum absolute atomic E-state index is 12.7. The van der Waals surface area contributed by atoms with E-state index in [-0.39, 0.29) is 16.8 Å². The van der Waals surface area contributed by atoms with Crippen molar-refractivity contribution in [2.24, 2.45) is 0 Å². The Morgan fingerprint density at radius 3 is 2.48 bits per heavy atom. The number of rotatable bonds is 3. The van der Waals surface area contributed by atoms with E-state index in [1.54, 1.807) is 47.0 Å². The van der Waals surface area contributed by atoms with Crippen LogP contribution >= 0.6 is 11.6 Å². The van der Waals surface area contributed by atoms with E-state index in [1.165, 1.54) is 15.9 Å². The molecule has 148 valence electrons. The predicted molar refractivity (Wildman–Crippen MR) is 104 cm³/mol. The van der Waals surface area contributed by atoms with Crippen LogP contribution in [0, 0.1) is 0 Å². The molecule has 1 atom stereocenters. The fraction of sp³-hybridized carbons (Fsp3) is 0.526. The molecule has 1 N–H and O–H groups in total. The van der Waals surface area contributed by atoms with Gasteiger partial charge in [0.1, 0.15) is 11.6 Å². The van der Waals surface area contributed by atoms with Crippen LogP contribution in [0.2, 0.25) is 5.02 Å². The van der Waals surface area contributed by atoms with Crippen molar-refractivity contribution >= 4 is 35.2 Å². The van der Waals surface area contributed by atoms with Gasteiger partial charge in [-0.2, -0.15) is 0 Å². The normalized spacial score (nSPS) is 16.8. The number of carbonyl (C=O) groups is 3. The van der Waals surface area contributed by atoms with Crippen molar-refractivity contribution in [1.82, 2.24) is 9.80 Å². The first-order chi connectivity index (χ1) is 12.5. The van der Waals surface area contributed by atoms with Gasteiger partial charge in [0.2, 0.25) is 5.91 Å². The predicted octanol–water partition coefficient (Wildman–Crippen LogP) is 3.38. The molecular weight excluding hydrogens is 370 g/mol. The minimum atomic E-state index is -0.622. The second kappa shape index (κ2) is 8.17. The largest absolute Gasteiger partial charge is 0.444 e. The van der Waals surface area contributed by atoms with Gasteiger partial charge in [-0.1, -0.05) is 11.6 Å². The van der Waals surface area contributed by atoms with Gasteiger partial charge < -0.3 is 15.0 Å². The zero-order chi connectivity index (χ0) is 20.4. The summed E-state index contributed by atoms with van der Waals surface area (Å²) in [6, 6.07) is 4.12. The number of benzene rings is 1. The SMILES string of the molecule is CN(C)C(=O)c1ccc(NC(=O)C2CCCN2C(=O)OC(C)(C)C)cc1Cl. The third kappa shape index (κ3) is 5.35. The summed E-state index contributed by atoms with van der Waals surface area (Å²) in [6.45, 7) is 5.84. The molecule has 1 heterocycles. The summed E-state index contributed by atoms with van der Waals surface area (Å²) in [4.78, 5) is 39.9. The summed E-state index contributed by atoms with van der Waals surface area (Å²) in [7, 11) is 3.28. The minimum Gasteiger partial charge on any atom is -0.444 e. The van der Waals surface area contributed by atoms with Crippen LogP contribution in [0.4, 0.5) is 10.5 Å². The van der Waals surface area contributed by atoms with Crippen LogP contribution in [0.15, 0.2) is 18.2 Å². The lowest BCUT2D eigenvalue weighted by Crippen LogP contribution is -2.45. The van der Waals surface area contributed by atoms with Crippen LogP contribution in [-0.2, 0) is 9.53 Å². The van der Waals surface area contributed by atoms with Gasteiger partial charge in [-0.25, -0.2) is 4.79 Å². The van der Waals surface area contributed by atoms with Crippen LogP contribution < -0.4 is 5.32 Å². The van der Waals surface area contributed by atoms with Crippen LogP contribution in [0.1, 0.15) is 44.0 Å². The Hall–Kier alpha value is -2.28. The summed E-state index contributed by atoms with van der Waals surface area (Å²) < 4.78 is 5.38. The molecule has 2 rings (SSSR count). The average molecular weight is 396 g/mol. The molecule has 0 bridgehead atoms. The first-order valence-electron chi connectivity index (χ1n) is 8.81. The number of halogens is 1. The van der Waals surface area contributed by atoms with Gasteiger partial charge in [-0.3, -0.25) is 14.5 Å². The molecule has 0 saturated carbocycles. The maximum Gasteiger partial charge on any atom is 0.410 e. The Kier molecular flexibility index (Phi) is 6.36. The number of hydrogen-bond donors (Lipinski definition) is 1. The van der Waals surface area contributed by atoms with E-state index in [2.05, 4.69) is 5.32 Å². The first-order valence-corrected chi connectivity index (χ1v) is 9.19. The zero-order valence-electron chi connectivity index (χ0n) is 16.3. The molecule has 1 aliphatic rings. The molecule has 1 saturated heterocycles. The van der Waals surface area contributed by atoms with Crippen molar-refractivity contribution in [3.05, 3.63) is 28.8 Å². The van der Waals surface area contributed by atoms with Crippen LogP contribution in [-0.4, -0.2) is 60.0 Å². The Morgan fingerprint density at radius 2 is 1.93 bits per heavy atom. The summed E-state index contributed by atoms with van der Waals surface area (Å²) >= 11 is 6.18. The lowest BCUT2D eigenvalue weighted by Gasteiger charge is -2.28. The van der Waals surface area contributed by atoms with Crippen LogP contribution in [0.3, 0.4) is 0 Å². The molecule has 1 aromatic rings. The first kappa shape index (κ1) is 21.0. The Labute approximate surface area is 164 Å². The van der Waals surface area contributed by atoms with Gasteiger partial charge in [-0.15, -0.1) is 0 Å². The van der Waals surface area contributed by atoms with Crippen LogP contribution in [0.5, 0.6) is 0 Å². The standard InChI is InChI=1S/C19H26ClN3O4/c1-19(2,3)27-18(26)23-10-6-7-15(23)16(24)21-12-8-9-13(14(20)11-12)17(25)22(4)5/h8-9,11,15H,6-7,10H2,1-5H3,(H,21,24). The summed E-state index contributed by atoms with van der Waals surface area (Å²) in [6.07, 6.45) is 0.801. The quantitative estimate of drug-likeness (QED) is 0.850. The lowest BCUT2D eigenvalue weighted by atomic mass is 10.1. The van der Waals surface area contributed by atoms with E-state index in [1.807, 2.05) is 0 Å². The number of ether oxygens (including phenoxy) is 1. The summed E-state index contributed by atoms with van der Waals surface area (Å²) in [5.74, 6) is -0.522. The molecule has 0 aromatic heterocycles. The van der Waals surface area contributed by atoms with E-state index >= 15 is 0 Å². The highest BCUT2D eigenvalue weighted by Crippen LogP contribution is 2.25. The van der Waals surface area contributed by atoms with Crippen molar-refractivity contribution in [2.45, 2.75) is 45.3 Å². The Bertz CT molecular complexity index is 743. The topological polar surface area (TPSA) is 79.0 Å². The molecule has 7 nitrogen and oxygen atoms in total. The summed E-state index contributed by atoms with van der Waals surface area (Å²) in [5, 5.41) is 3.02. The lowest BCUT2D eigenvalue weighted by molar-refractivity contribution is -0.120. The number of nitrogens with zero attached hydrogens (tertiary/aromatic N) is 2. The second-order valence-corrected chi connectivity index (χ2v) is 8.12. The molecule has 1 aromatic carbocycles. The second-order valence-electron chi connectivity index (χ2n) is 7.72. The van der Waals surface area contributed by atoms with Crippen molar-refractivity contribution in [1.29, 1.82) is 0 Å². The molecule has 0 aliphatic carbocycles. The van der Waals surface area contributed by atoms with Gasteiger partial charge >= 0.3 is 6.09 Å². The zero-order valence-corrected chi connectivity index (χ0v) is 17.1. The molecule has 0 spiro atoms. The summed E-state index contributed by atoms with van der Waals surface area (Å²) in [5.41, 5.74) is 0.204. The van der Waals surface area contributed by atoms with Gasteiger partial charge in [-0.05, 0) is 51.8 Å². The van der Waals surface area contributed by atoms with E-state index < -0.39 is 17.7 Å².